The van der Waals surface area contributed by atoms with Crippen LogP contribution in [-0.2, 0) is 6.54 Å². The number of carboxylic acid groups (broad SMARTS) is 1. The lowest BCUT2D eigenvalue weighted by Gasteiger charge is -2.09. The Morgan fingerprint density at radius 1 is 1.18 bits per heavy atom. The van der Waals surface area contributed by atoms with Crippen molar-refractivity contribution in [2.45, 2.75) is 6.54 Å². The molecule has 0 amide bonds. The Morgan fingerprint density at radius 2 is 1.89 bits per heavy atom. The van der Waals surface area contributed by atoms with Gasteiger partial charge in [-0.2, -0.15) is 0 Å². The molecule has 0 radical (unpaired) electrons. The maximum Gasteiger partial charge on any atom is 0.335 e. The number of carboxylic acids is 1. The fourth-order valence-corrected chi connectivity index (χ4v) is 2.47. The molecule has 8 nitrogen and oxygen atoms in total. The summed E-state index contributed by atoms with van der Waals surface area (Å²) in [7, 11) is 0. The predicted octanol–water partition coefficient (Wildman–Crippen LogP) is 1.88. The molecule has 0 aliphatic carbocycles. The van der Waals surface area contributed by atoms with Crippen LogP contribution in [0.25, 0.3) is 0 Å². The van der Waals surface area contributed by atoms with Crippen LogP contribution >= 0.6 is 0 Å². The number of aromatic carboxylic acids is 1. The molecule has 0 fully saturated rings. The van der Waals surface area contributed by atoms with Crippen molar-refractivity contribution in [3.05, 3.63) is 91.9 Å². The molecule has 9 heteroatoms. The molecule has 28 heavy (non-hydrogen) atoms. The third kappa shape index (κ3) is 4.04. The number of nitrogens with one attached hydrogen (secondary N) is 1. The summed E-state index contributed by atoms with van der Waals surface area (Å²) in [5.41, 5.74) is -1.18. The first kappa shape index (κ1) is 18.8. The van der Waals surface area contributed by atoms with Crippen LogP contribution in [0.3, 0.4) is 0 Å². The molecule has 0 unspecified atom stereocenters. The highest BCUT2D eigenvalue weighted by Gasteiger charge is 2.13. The van der Waals surface area contributed by atoms with Crippen LogP contribution in [0, 0.1) is 5.82 Å². The van der Waals surface area contributed by atoms with Gasteiger partial charge in [-0.25, -0.2) is 14.0 Å². The highest BCUT2D eigenvalue weighted by atomic mass is 19.1. The second kappa shape index (κ2) is 7.70. The molecule has 3 N–H and O–H groups in total. The summed E-state index contributed by atoms with van der Waals surface area (Å²) in [6.45, 7) is -0.100. The molecule has 0 saturated heterocycles. The average molecular weight is 383 g/mol. The standard InChI is InChI=1S/C19H14FN3O5/c20-13-6-4-11(5-7-13)10-23-17(25)15(16(24)22-19(23)28)9-21-14-3-1-2-12(8-14)18(26)27/h1-9,25H,10H2,(H,26,27)(H,22,24,28). The van der Waals surface area contributed by atoms with Gasteiger partial charge in [-0.3, -0.25) is 19.3 Å². The molecule has 3 aromatic rings. The van der Waals surface area contributed by atoms with E-state index in [1.54, 1.807) is 0 Å². The van der Waals surface area contributed by atoms with Crippen molar-refractivity contribution in [1.82, 2.24) is 9.55 Å². The van der Waals surface area contributed by atoms with Crippen molar-refractivity contribution in [3.8, 4) is 5.88 Å². The Balaban J connectivity index is 1.98. The van der Waals surface area contributed by atoms with E-state index >= 15 is 0 Å². The molecule has 2 aromatic carbocycles. The van der Waals surface area contributed by atoms with Gasteiger partial charge in [0.2, 0.25) is 5.88 Å². The first-order chi connectivity index (χ1) is 13.3. The maximum absolute atomic E-state index is 13.0. The van der Waals surface area contributed by atoms with Crippen LogP contribution in [0.5, 0.6) is 5.88 Å². The fraction of sp³-hybridized carbons (Fsp3) is 0.0526. The van der Waals surface area contributed by atoms with E-state index in [0.717, 1.165) is 10.8 Å². The van der Waals surface area contributed by atoms with Crippen molar-refractivity contribution >= 4 is 17.9 Å². The molecule has 142 valence electrons. The minimum absolute atomic E-state index is 0.00839. The molecule has 0 saturated carbocycles. The van der Waals surface area contributed by atoms with Gasteiger partial charge in [-0.1, -0.05) is 18.2 Å². The molecular weight excluding hydrogens is 369 g/mol. The molecule has 0 bridgehead atoms. The molecule has 0 spiro atoms. The minimum atomic E-state index is -1.13. The summed E-state index contributed by atoms with van der Waals surface area (Å²) < 4.78 is 13.9. The molecule has 1 heterocycles. The van der Waals surface area contributed by atoms with Gasteiger partial charge in [-0.15, -0.1) is 0 Å². The van der Waals surface area contributed by atoms with E-state index in [1.807, 2.05) is 0 Å². The Kier molecular flexibility index (Phi) is 5.16. The van der Waals surface area contributed by atoms with Crippen LogP contribution < -0.4 is 11.2 Å². The van der Waals surface area contributed by atoms with Gasteiger partial charge in [0, 0.05) is 6.21 Å². The number of hydrogen-bond acceptors (Lipinski definition) is 5. The lowest BCUT2D eigenvalue weighted by molar-refractivity contribution is 0.0697. The van der Waals surface area contributed by atoms with Crippen LogP contribution in [0.1, 0.15) is 21.5 Å². The van der Waals surface area contributed by atoms with Crippen LogP contribution in [-0.4, -0.2) is 31.9 Å². The zero-order valence-electron chi connectivity index (χ0n) is 14.3. The van der Waals surface area contributed by atoms with Gasteiger partial charge in [0.1, 0.15) is 11.4 Å². The largest absolute Gasteiger partial charge is 0.494 e. The number of nitrogens with zero attached hydrogens (tertiary/aromatic N) is 2. The minimum Gasteiger partial charge on any atom is -0.494 e. The Morgan fingerprint density at radius 3 is 2.57 bits per heavy atom. The third-order valence-corrected chi connectivity index (χ3v) is 3.90. The zero-order valence-corrected chi connectivity index (χ0v) is 14.3. The van der Waals surface area contributed by atoms with Gasteiger partial charge in [0.25, 0.3) is 5.56 Å². The molecule has 3 rings (SSSR count). The number of halogens is 1. The molecule has 0 aliphatic heterocycles. The van der Waals surface area contributed by atoms with Crippen molar-refractivity contribution in [3.63, 3.8) is 0 Å². The van der Waals surface area contributed by atoms with E-state index < -0.39 is 28.9 Å². The van der Waals surface area contributed by atoms with Crippen molar-refractivity contribution in [2.24, 2.45) is 4.99 Å². The van der Waals surface area contributed by atoms with Gasteiger partial charge in [0.15, 0.2) is 0 Å². The monoisotopic (exact) mass is 383 g/mol. The average Bonchev–Trinajstić information content (AvgIpc) is 2.66. The van der Waals surface area contributed by atoms with Crippen LogP contribution in [0.2, 0.25) is 0 Å². The second-order valence-electron chi connectivity index (χ2n) is 5.82. The van der Waals surface area contributed by atoms with E-state index in [4.69, 9.17) is 5.11 Å². The van der Waals surface area contributed by atoms with E-state index in [0.29, 0.717) is 5.56 Å². The van der Waals surface area contributed by atoms with Crippen LogP contribution in [0.15, 0.2) is 63.1 Å². The number of aromatic nitrogens is 2. The summed E-state index contributed by atoms with van der Waals surface area (Å²) in [4.78, 5) is 41.2. The topological polar surface area (TPSA) is 125 Å². The summed E-state index contributed by atoms with van der Waals surface area (Å²) >= 11 is 0. The number of aromatic hydroxyl groups is 1. The number of aromatic amines is 1. The number of rotatable bonds is 5. The molecule has 0 atom stereocenters. The quantitative estimate of drug-likeness (QED) is 0.580. The van der Waals surface area contributed by atoms with E-state index in [1.165, 1.54) is 48.5 Å². The van der Waals surface area contributed by atoms with E-state index in [2.05, 4.69) is 9.98 Å². The first-order valence-electron chi connectivity index (χ1n) is 8.03. The number of carbonyl (C=O) groups is 1. The fourth-order valence-electron chi connectivity index (χ4n) is 2.47. The Bertz CT molecular complexity index is 1180. The normalized spacial score (nSPS) is 11.0. The molecule has 1 aromatic heterocycles. The van der Waals surface area contributed by atoms with Crippen molar-refractivity contribution in [2.75, 3.05) is 0 Å². The summed E-state index contributed by atoms with van der Waals surface area (Å²) in [5, 5.41) is 19.4. The lowest BCUT2D eigenvalue weighted by Crippen LogP contribution is -2.32. The Hall–Kier alpha value is -4.01. The highest BCUT2D eigenvalue weighted by molar-refractivity contribution is 5.89. The first-order valence-corrected chi connectivity index (χ1v) is 8.03. The van der Waals surface area contributed by atoms with Gasteiger partial charge < -0.3 is 10.2 Å². The van der Waals surface area contributed by atoms with Gasteiger partial charge in [0.05, 0.1) is 17.8 Å². The zero-order chi connectivity index (χ0) is 20.3. The maximum atomic E-state index is 13.0. The number of hydrogen-bond donors (Lipinski definition) is 3. The van der Waals surface area contributed by atoms with Gasteiger partial charge >= 0.3 is 11.7 Å². The summed E-state index contributed by atoms with van der Waals surface area (Å²) in [6.07, 6.45) is 1.04. The van der Waals surface area contributed by atoms with E-state index in [9.17, 15) is 23.9 Å². The summed E-state index contributed by atoms with van der Waals surface area (Å²) in [5.74, 6) is -2.19. The number of H-pyrrole nitrogens is 1. The smallest absolute Gasteiger partial charge is 0.335 e. The van der Waals surface area contributed by atoms with Gasteiger partial charge in [-0.05, 0) is 35.9 Å². The molecule has 0 aliphatic rings. The predicted molar refractivity (Wildman–Crippen MR) is 99.1 cm³/mol. The SMILES string of the molecule is O=C(O)c1cccc(N=Cc2c(O)n(Cc3ccc(F)cc3)c(=O)[nH]c2=O)c1. The van der Waals surface area contributed by atoms with Crippen molar-refractivity contribution in [1.29, 1.82) is 0 Å². The van der Waals surface area contributed by atoms with Crippen LogP contribution in [0.4, 0.5) is 10.1 Å². The lowest BCUT2D eigenvalue weighted by atomic mass is 10.2. The third-order valence-electron chi connectivity index (χ3n) is 3.90. The van der Waals surface area contributed by atoms with E-state index in [-0.39, 0.29) is 23.4 Å². The number of aliphatic imine (C=N–C) groups is 1. The highest BCUT2D eigenvalue weighted by Crippen LogP contribution is 2.16. The second-order valence-corrected chi connectivity index (χ2v) is 5.82. The summed E-state index contributed by atoms with van der Waals surface area (Å²) in [6, 6.07) is 11.0. The Labute approximate surface area is 156 Å². The number of benzene rings is 2. The molecular formula is C19H14FN3O5. The van der Waals surface area contributed by atoms with Crippen molar-refractivity contribution < 1.29 is 19.4 Å².